The van der Waals surface area contributed by atoms with Crippen LogP contribution in [0.15, 0.2) is 192 Å². The second kappa shape index (κ2) is 12.3. The quantitative estimate of drug-likeness (QED) is 0.174. The number of furan rings is 1. The van der Waals surface area contributed by atoms with E-state index in [-0.39, 0.29) is 5.41 Å². The van der Waals surface area contributed by atoms with Gasteiger partial charge in [-0.3, -0.25) is 0 Å². The van der Waals surface area contributed by atoms with Gasteiger partial charge in [-0.1, -0.05) is 141 Å². The van der Waals surface area contributed by atoms with Crippen molar-refractivity contribution < 1.29 is 4.42 Å². The van der Waals surface area contributed by atoms with Gasteiger partial charge < -0.3 is 9.32 Å². The first kappa shape index (κ1) is 31.1. The van der Waals surface area contributed by atoms with Crippen molar-refractivity contribution in [3.05, 3.63) is 199 Å². The number of rotatable bonds is 6. The summed E-state index contributed by atoms with van der Waals surface area (Å²) in [6.07, 6.45) is 0. The fourth-order valence-corrected chi connectivity index (χ4v) is 8.34. The maximum absolute atomic E-state index is 6.18. The molecule has 0 bridgehead atoms. The van der Waals surface area contributed by atoms with Crippen LogP contribution in [0.25, 0.3) is 66.4 Å². The molecule has 0 radical (unpaired) electrons. The third-order valence-electron chi connectivity index (χ3n) is 11.0. The van der Waals surface area contributed by atoms with Gasteiger partial charge in [-0.2, -0.15) is 0 Å². The summed E-state index contributed by atoms with van der Waals surface area (Å²) in [6.45, 7) is 4.71. The molecule has 0 saturated carbocycles. The number of hydrogen-bond donors (Lipinski definition) is 0. The summed E-state index contributed by atoms with van der Waals surface area (Å²) < 4.78 is 6.18. The van der Waals surface area contributed by atoms with Crippen molar-refractivity contribution in [3.8, 4) is 44.5 Å². The predicted molar refractivity (Wildman–Crippen MR) is 222 cm³/mol. The first-order valence-corrected chi connectivity index (χ1v) is 18.3. The van der Waals surface area contributed by atoms with Gasteiger partial charge in [0.1, 0.15) is 11.2 Å². The van der Waals surface area contributed by atoms with E-state index in [1.165, 1.54) is 44.5 Å². The van der Waals surface area contributed by atoms with Gasteiger partial charge in [0.15, 0.2) is 0 Å². The Labute approximate surface area is 310 Å². The lowest BCUT2D eigenvalue weighted by molar-refractivity contribution is 0.660. The Hall–Kier alpha value is -6.64. The number of anilines is 3. The number of benzene rings is 8. The van der Waals surface area contributed by atoms with Crippen molar-refractivity contribution in [2.75, 3.05) is 4.90 Å². The monoisotopic (exact) mass is 679 g/mol. The van der Waals surface area contributed by atoms with Crippen molar-refractivity contribution in [3.63, 3.8) is 0 Å². The van der Waals surface area contributed by atoms with Gasteiger partial charge in [0.25, 0.3) is 0 Å². The van der Waals surface area contributed by atoms with E-state index < -0.39 is 0 Å². The molecule has 252 valence electrons. The van der Waals surface area contributed by atoms with Gasteiger partial charge in [-0.05, 0) is 116 Å². The lowest BCUT2D eigenvalue weighted by Crippen LogP contribution is -2.16. The zero-order chi connectivity index (χ0) is 35.5. The smallest absolute Gasteiger partial charge is 0.135 e. The van der Waals surface area contributed by atoms with Crippen molar-refractivity contribution >= 4 is 39.0 Å². The second-order valence-corrected chi connectivity index (χ2v) is 14.6. The molecule has 0 saturated heterocycles. The molecule has 0 atom stereocenters. The van der Waals surface area contributed by atoms with E-state index in [0.29, 0.717) is 0 Å². The highest BCUT2D eigenvalue weighted by molar-refractivity contribution is 6.06. The lowest BCUT2D eigenvalue weighted by atomic mass is 9.82. The molecule has 2 nitrogen and oxygen atoms in total. The van der Waals surface area contributed by atoms with Gasteiger partial charge in [-0.15, -0.1) is 0 Å². The molecule has 1 aliphatic rings. The fraction of sp³-hybridized carbons (Fsp3) is 0.0588. The third kappa shape index (κ3) is 5.26. The average Bonchev–Trinajstić information content (AvgIpc) is 3.70. The van der Waals surface area contributed by atoms with E-state index in [1.54, 1.807) is 0 Å². The highest BCUT2D eigenvalue weighted by atomic mass is 16.3. The number of nitrogens with zero attached hydrogens (tertiary/aromatic N) is 1. The molecular weight excluding hydrogens is 643 g/mol. The van der Waals surface area contributed by atoms with Gasteiger partial charge in [0.2, 0.25) is 0 Å². The van der Waals surface area contributed by atoms with Crippen LogP contribution < -0.4 is 4.90 Å². The van der Waals surface area contributed by atoms with Crippen LogP contribution in [0.1, 0.15) is 25.0 Å². The Morgan fingerprint density at radius 1 is 0.358 bits per heavy atom. The fourth-order valence-electron chi connectivity index (χ4n) is 8.34. The maximum Gasteiger partial charge on any atom is 0.135 e. The van der Waals surface area contributed by atoms with E-state index in [0.717, 1.165) is 50.1 Å². The molecule has 9 aromatic rings. The van der Waals surface area contributed by atoms with Crippen LogP contribution in [-0.2, 0) is 5.41 Å². The number of para-hydroxylation sites is 1. The first-order valence-electron chi connectivity index (χ1n) is 18.3. The van der Waals surface area contributed by atoms with Crippen LogP contribution in [0.5, 0.6) is 0 Å². The number of hydrogen-bond acceptors (Lipinski definition) is 2. The molecule has 1 aromatic heterocycles. The van der Waals surface area contributed by atoms with E-state index in [4.69, 9.17) is 4.42 Å². The van der Waals surface area contributed by atoms with E-state index in [2.05, 4.69) is 195 Å². The van der Waals surface area contributed by atoms with Crippen LogP contribution in [0, 0.1) is 0 Å². The average molecular weight is 680 g/mol. The molecule has 1 heterocycles. The minimum atomic E-state index is -0.126. The van der Waals surface area contributed by atoms with Crippen molar-refractivity contribution in [2.45, 2.75) is 19.3 Å². The van der Waals surface area contributed by atoms with Gasteiger partial charge >= 0.3 is 0 Å². The zero-order valence-corrected chi connectivity index (χ0v) is 29.8. The van der Waals surface area contributed by atoms with Crippen LogP contribution >= 0.6 is 0 Å². The predicted octanol–water partition coefficient (Wildman–Crippen LogP) is 14.4. The summed E-state index contributed by atoms with van der Waals surface area (Å²) in [6, 6.07) is 68.1. The Morgan fingerprint density at radius 3 is 1.72 bits per heavy atom. The molecule has 0 amide bonds. The van der Waals surface area contributed by atoms with E-state index in [9.17, 15) is 0 Å². The summed E-state index contributed by atoms with van der Waals surface area (Å²) in [7, 11) is 0. The lowest BCUT2D eigenvalue weighted by Gasteiger charge is -2.29. The third-order valence-corrected chi connectivity index (χ3v) is 11.0. The summed E-state index contributed by atoms with van der Waals surface area (Å²) in [5.74, 6) is 0. The topological polar surface area (TPSA) is 16.4 Å². The number of fused-ring (bicyclic) bond motifs is 6. The molecule has 1 aliphatic carbocycles. The highest BCUT2D eigenvalue weighted by Gasteiger charge is 2.35. The van der Waals surface area contributed by atoms with Gasteiger partial charge in [0.05, 0.1) is 0 Å². The van der Waals surface area contributed by atoms with Crippen LogP contribution in [0.4, 0.5) is 17.1 Å². The second-order valence-electron chi connectivity index (χ2n) is 14.6. The summed E-state index contributed by atoms with van der Waals surface area (Å²) in [5, 5.41) is 2.26. The molecule has 0 fully saturated rings. The first-order chi connectivity index (χ1) is 26.0. The molecule has 0 aliphatic heterocycles. The Kier molecular flexibility index (Phi) is 7.19. The van der Waals surface area contributed by atoms with Gasteiger partial charge in [-0.25, -0.2) is 0 Å². The minimum Gasteiger partial charge on any atom is -0.456 e. The van der Waals surface area contributed by atoms with E-state index in [1.807, 2.05) is 12.1 Å². The summed E-state index contributed by atoms with van der Waals surface area (Å²) in [5.41, 5.74) is 17.4. The highest BCUT2D eigenvalue weighted by Crippen LogP contribution is 2.51. The molecule has 8 aromatic carbocycles. The van der Waals surface area contributed by atoms with Crippen LogP contribution in [0.3, 0.4) is 0 Å². The zero-order valence-electron chi connectivity index (χ0n) is 29.8. The molecule has 10 rings (SSSR count). The molecule has 0 spiro atoms. The largest absolute Gasteiger partial charge is 0.456 e. The summed E-state index contributed by atoms with van der Waals surface area (Å²) >= 11 is 0. The molecule has 0 unspecified atom stereocenters. The van der Waals surface area contributed by atoms with Crippen LogP contribution in [0.2, 0.25) is 0 Å². The normalized spacial score (nSPS) is 12.9. The van der Waals surface area contributed by atoms with E-state index >= 15 is 0 Å². The minimum absolute atomic E-state index is 0.126. The molecule has 2 heteroatoms. The van der Waals surface area contributed by atoms with Crippen molar-refractivity contribution in [1.29, 1.82) is 0 Å². The SMILES string of the molecule is CC1(C)c2ccccc2-c2ccc(N(c3cccc(-c4ccc5oc6ccccc6c5c4)c3)c3cc(-c4ccccc4)cc(-c4ccccc4)c3)cc21. The van der Waals surface area contributed by atoms with Crippen molar-refractivity contribution in [2.24, 2.45) is 0 Å². The molecule has 0 N–H and O–H groups in total. The molecule has 53 heavy (non-hydrogen) atoms. The van der Waals surface area contributed by atoms with Crippen LogP contribution in [-0.4, -0.2) is 0 Å². The van der Waals surface area contributed by atoms with Crippen molar-refractivity contribution in [1.82, 2.24) is 0 Å². The standard InChI is InChI=1S/C51H37NO/c1-51(2)47-22-11-9-20-43(47)44-26-25-41(33-48(44)51)52(42-30-38(34-14-5-3-6-15-34)28-39(31-42)35-16-7-4-8-17-35)40-19-13-18-36(29-40)37-24-27-50-46(32-37)45-21-10-12-23-49(45)53-50/h3-33H,1-2H3. The summed E-state index contributed by atoms with van der Waals surface area (Å²) in [4.78, 5) is 2.44. The Balaban J connectivity index is 1.19. The molecular formula is C51H37NO. The Morgan fingerprint density at radius 2 is 0.943 bits per heavy atom. The van der Waals surface area contributed by atoms with Gasteiger partial charge in [0, 0.05) is 33.2 Å². The Bertz CT molecular complexity index is 2750. The maximum atomic E-state index is 6.18.